The standard InChI is InChI=1S/C26H27F5N4O2S/c27-21-15-20(25(8-10-32-11-9-25)34-13-12-33-17-34)22(28)14-19(21)16-35-24(26(29,30)31)7-6-23(38(35,36)37)18-4-2-1-3-5-18/h1-5,12-15,17,23-24,32H,6-11,16H2/t23-,24-/m1/s1. The second-order valence-corrected chi connectivity index (χ2v) is 11.9. The first-order valence-electron chi connectivity index (χ1n) is 12.3. The lowest BCUT2D eigenvalue weighted by atomic mass is 9.80. The summed E-state index contributed by atoms with van der Waals surface area (Å²) in [6, 6.07) is 7.45. The fraction of sp³-hybridized carbons (Fsp3) is 0.423. The lowest BCUT2D eigenvalue weighted by Crippen LogP contribution is -2.53. The zero-order chi connectivity index (χ0) is 27.1. The monoisotopic (exact) mass is 554 g/mol. The summed E-state index contributed by atoms with van der Waals surface area (Å²) >= 11 is 0. The summed E-state index contributed by atoms with van der Waals surface area (Å²) in [6.45, 7) is 0.154. The predicted molar refractivity (Wildman–Crippen MR) is 130 cm³/mol. The Balaban J connectivity index is 1.54. The van der Waals surface area contributed by atoms with Gasteiger partial charge in [-0.05, 0) is 56.5 Å². The van der Waals surface area contributed by atoms with Crippen molar-refractivity contribution in [1.29, 1.82) is 0 Å². The van der Waals surface area contributed by atoms with Crippen LogP contribution in [0.1, 0.15) is 47.6 Å². The maximum atomic E-state index is 15.7. The van der Waals surface area contributed by atoms with E-state index in [9.17, 15) is 21.6 Å². The molecule has 1 aromatic heterocycles. The molecule has 3 aromatic rings. The number of hydrogen-bond acceptors (Lipinski definition) is 4. The molecular weight excluding hydrogens is 527 g/mol. The predicted octanol–water partition coefficient (Wildman–Crippen LogP) is 4.89. The molecule has 2 atom stereocenters. The van der Waals surface area contributed by atoms with Gasteiger partial charge in [-0.3, -0.25) is 0 Å². The number of nitrogens with zero attached hydrogens (tertiary/aromatic N) is 3. The summed E-state index contributed by atoms with van der Waals surface area (Å²) < 4.78 is 102. The Morgan fingerprint density at radius 1 is 1.03 bits per heavy atom. The minimum absolute atomic E-state index is 0.0503. The molecule has 0 saturated carbocycles. The van der Waals surface area contributed by atoms with Gasteiger partial charge in [0.05, 0.1) is 11.9 Å². The number of imidazole rings is 1. The van der Waals surface area contributed by atoms with Gasteiger partial charge < -0.3 is 9.88 Å². The molecule has 0 amide bonds. The first kappa shape index (κ1) is 26.8. The fourth-order valence-electron chi connectivity index (χ4n) is 5.73. The summed E-state index contributed by atoms with van der Waals surface area (Å²) in [6.07, 6.45) is 0.00975. The van der Waals surface area contributed by atoms with Gasteiger partial charge in [-0.15, -0.1) is 0 Å². The molecule has 2 aromatic carbocycles. The average Bonchev–Trinajstić information content (AvgIpc) is 3.43. The van der Waals surface area contributed by atoms with E-state index in [0.717, 1.165) is 12.1 Å². The Morgan fingerprint density at radius 3 is 2.37 bits per heavy atom. The molecule has 5 rings (SSSR count). The average molecular weight is 555 g/mol. The maximum absolute atomic E-state index is 15.7. The molecule has 38 heavy (non-hydrogen) atoms. The molecule has 1 N–H and O–H groups in total. The normalized spacial score (nSPS) is 23.8. The maximum Gasteiger partial charge on any atom is 0.405 e. The number of alkyl halides is 3. The highest BCUT2D eigenvalue weighted by Crippen LogP contribution is 2.44. The summed E-state index contributed by atoms with van der Waals surface area (Å²) in [5.74, 6) is -1.77. The summed E-state index contributed by atoms with van der Waals surface area (Å²) in [7, 11) is -4.55. The smallest absolute Gasteiger partial charge is 0.327 e. The number of hydrogen-bond donors (Lipinski definition) is 1. The van der Waals surface area contributed by atoms with Gasteiger partial charge in [0.15, 0.2) is 0 Å². The van der Waals surface area contributed by atoms with E-state index in [0.29, 0.717) is 35.8 Å². The van der Waals surface area contributed by atoms with Crippen LogP contribution in [-0.4, -0.2) is 47.6 Å². The highest BCUT2D eigenvalue weighted by molar-refractivity contribution is 7.89. The van der Waals surface area contributed by atoms with Crippen molar-refractivity contribution >= 4 is 10.0 Å². The molecule has 2 aliphatic rings. The third-order valence-corrected chi connectivity index (χ3v) is 9.94. The Kier molecular flexibility index (Phi) is 7.08. The van der Waals surface area contributed by atoms with Crippen LogP contribution in [0.5, 0.6) is 0 Å². The van der Waals surface area contributed by atoms with E-state index in [1.807, 2.05) is 0 Å². The van der Waals surface area contributed by atoms with Crippen molar-refractivity contribution in [2.45, 2.75) is 55.2 Å². The lowest BCUT2D eigenvalue weighted by Gasteiger charge is -2.41. The number of piperidine rings is 1. The number of benzene rings is 2. The van der Waals surface area contributed by atoms with Gasteiger partial charge in [-0.1, -0.05) is 30.3 Å². The molecule has 0 bridgehead atoms. The van der Waals surface area contributed by atoms with Crippen molar-refractivity contribution in [2.75, 3.05) is 13.1 Å². The fourth-order valence-corrected chi connectivity index (χ4v) is 7.89. The Morgan fingerprint density at radius 2 is 1.74 bits per heavy atom. The van der Waals surface area contributed by atoms with Gasteiger partial charge in [0.25, 0.3) is 0 Å². The molecule has 3 heterocycles. The molecule has 2 saturated heterocycles. The van der Waals surface area contributed by atoms with Crippen LogP contribution in [0.15, 0.2) is 61.2 Å². The quantitative estimate of drug-likeness (QED) is 0.457. The Labute approximate surface area is 217 Å². The van der Waals surface area contributed by atoms with E-state index in [2.05, 4.69) is 10.3 Å². The topological polar surface area (TPSA) is 67.2 Å². The van der Waals surface area contributed by atoms with Crippen LogP contribution in [0.3, 0.4) is 0 Å². The van der Waals surface area contributed by atoms with Gasteiger partial charge in [0, 0.05) is 30.1 Å². The number of sulfonamides is 1. The molecule has 2 aliphatic heterocycles. The van der Waals surface area contributed by atoms with Gasteiger partial charge in [-0.25, -0.2) is 22.2 Å². The highest BCUT2D eigenvalue weighted by Gasteiger charge is 2.53. The van der Waals surface area contributed by atoms with Crippen LogP contribution in [0.25, 0.3) is 0 Å². The highest BCUT2D eigenvalue weighted by atomic mass is 32.2. The molecule has 6 nitrogen and oxygen atoms in total. The van der Waals surface area contributed by atoms with Crippen LogP contribution in [0, 0.1) is 11.6 Å². The second-order valence-electron chi connectivity index (χ2n) is 9.80. The third kappa shape index (κ3) is 4.73. The van der Waals surface area contributed by atoms with Gasteiger partial charge in [-0.2, -0.15) is 17.5 Å². The molecule has 12 heteroatoms. The molecular formula is C26H27F5N4O2S. The van der Waals surface area contributed by atoms with Crippen LogP contribution < -0.4 is 5.32 Å². The van der Waals surface area contributed by atoms with Crippen LogP contribution in [0.2, 0.25) is 0 Å². The number of halogens is 5. The van der Waals surface area contributed by atoms with E-state index < -0.39 is 63.2 Å². The minimum Gasteiger partial charge on any atom is -0.327 e. The zero-order valence-electron chi connectivity index (χ0n) is 20.3. The van der Waals surface area contributed by atoms with Gasteiger partial charge in [0.2, 0.25) is 10.0 Å². The van der Waals surface area contributed by atoms with Crippen molar-refractivity contribution in [3.8, 4) is 0 Å². The van der Waals surface area contributed by atoms with E-state index in [-0.39, 0.29) is 12.0 Å². The Hall–Kier alpha value is -2.83. The zero-order valence-corrected chi connectivity index (χ0v) is 21.2. The molecule has 0 unspecified atom stereocenters. The minimum atomic E-state index is -4.87. The summed E-state index contributed by atoms with van der Waals surface area (Å²) in [4.78, 5) is 4.04. The third-order valence-electron chi connectivity index (χ3n) is 7.68. The van der Waals surface area contributed by atoms with E-state index in [4.69, 9.17) is 0 Å². The second kappa shape index (κ2) is 10.0. The Bertz CT molecular complexity index is 1370. The largest absolute Gasteiger partial charge is 0.405 e. The van der Waals surface area contributed by atoms with Gasteiger partial charge in [0.1, 0.15) is 22.9 Å². The van der Waals surface area contributed by atoms with Crippen molar-refractivity contribution in [1.82, 2.24) is 19.2 Å². The van der Waals surface area contributed by atoms with Crippen molar-refractivity contribution < 1.29 is 30.4 Å². The first-order valence-corrected chi connectivity index (χ1v) is 13.8. The first-order chi connectivity index (χ1) is 18.0. The molecule has 0 radical (unpaired) electrons. The van der Waals surface area contributed by atoms with Crippen LogP contribution in [0.4, 0.5) is 22.0 Å². The molecule has 0 spiro atoms. The molecule has 204 valence electrons. The molecule has 2 fully saturated rings. The van der Waals surface area contributed by atoms with E-state index in [1.54, 1.807) is 29.0 Å². The summed E-state index contributed by atoms with van der Waals surface area (Å²) in [5.41, 5.74) is -0.981. The van der Waals surface area contributed by atoms with E-state index >= 15 is 8.78 Å². The van der Waals surface area contributed by atoms with Crippen molar-refractivity contribution in [2.24, 2.45) is 0 Å². The summed E-state index contributed by atoms with van der Waals surface area (Å²) in [5, 5.41) is 1.97. The van der Waals surface area contributed by atoms with Crippen molar-refractivity contribution in [3.05, 3.63) is 89.5 Å². The van der Waals surface area contributed by atoms with Crippen LogP contribution >= 0.6 is 0 Å². The SMILES string of the molecule is O=S1(=O)[C@@H](c2ccccc2)CC[C@H](C(F)(F)F)N1Cc1cc(F)c(C2(n3ccnc3)CCNCC2)cc1F. The van der Waals surface area contributed by atoms with Crippen molar-refractivity contribution in [3.63, 3.8) is 0 Å². The van der Waals surface area contributed by atoms with Gasteiger partial charge >= 0.3 is 6.18 Å². The van der Waals surface area contributed by atoms with E-state index in [1.165, 1.54) is 24.7 Å². The lowest BCUT2D eigenvalue weighted by molar-refractivity contribution is -0.176. The number of rotatable bonds is 5. The number of nitrogens with one attached hydrogen (secondary N) is 1. The molecule has 0 aliphatic carbocycles. The van der Waals surface area contributed by atoms with Crippen LogP contribution in [-0.2, 0) is 22.1 Å². The number of aromatic nitrogens is 2.